The monoisotopic (exact) mass is 198 g/mol. The first-order valence-electron chi connectivity index (χ1n) is 5.62. The molecule has 0 spiro atoms. The van der Waals surface area contributed by atoms with Gasteiger partial charge in [-0.05, 0) is 30.6 Å². The molecule has 0 radical (unpaired) electrons. The minimum Gasteiger partial charge on any atom is -0.462 e. The fourth-order valence-electron chi connectivity index (χ4n) is 2.62. The van der Waals surface area contributed by atoms with E-state index in [-0.39, 0.29) is 12.1 Å². The van der Waals surface area contributed by atoms with Gasteiger partial charge in [-0.25, -0.2) is 0 Å². The summed E-state index contributed by atoms with van der Waals surface area (Å²) in [5, 5.41) is 0. The van der Waals surface area contributed by atoms with Gasteiger partial charge in [0.25, 0.3) is 0 Å². The Morgan fingerprint density at radius 1 is 1.43 bits per heavy atom. The molecule has 1 aliphatic rings. The minimum absolute atomic E-state index is 0.0556. The smallest absolute Gasteiger partial charge is 0.305 e. The molecule has 0 unspecified atom stereocenters. The van der Waals surface area contributed by atoms with Crippen LogP contribution in [0.1, 0.15) is 53.4 Å². The van der Waals surface area contributed by atoms with Crippen molar-refractivity contribution >= 4 is 5.97 Å². The minimum atomic E-state index is -0.0556. The largest absolute Gasteiger partial charge is 0.462 e. The third-order valence-electron chi connectivity index (χ3n) is 2.93. The molecule has 0 amide bonds. The highest BCUT2D eigenvalue weighted by atomic mass is 16.5. The van der Waals surface area contributed by atoms with Gasteiger partial charge in [-0.15, -0.1) is 0 Å². The summed E-state index contributed by atoms with van der Waals surface area (Å²) >= 11 is 0. The van der Waals surface area contributed by atoms with Crippen LogP contribution >= 0.6 is 0 Å². The Bertz CT molecular complexity index is 208. The first kappa shape index (κ1) is 11.5. The van der Waals surface area contributed by atoms with Crippen LogP contribution in [0.5, 0.6) is 0 Å². The number of carbonyl (C=O) groups excluding carboxylic acids is 1. The Labute approximate surface area is 87.0 Å². The molecular weight excluding hydrogens is 176 g/mol. The SMILES string of the molecule is CCC(=O)O[C@@H]1C[C@H](C)CC(C)(C)C1. The zero-order valence-electron chi connectivity index (χ0n) is 9.80. The van der Waals surface area contributed by atoms with E-state index in [1.807, 2.05) is 6.92 Å². The molecule has 1 rings (SSSR count). The van der Waals surface area contributed by atoms with E-state index in [9.17, 15) is 4.79 Å². The van der Waals surface area contributed by atoms with E-state index in [0.29, 0.717) is 17.8 Å². The zero-order valence-corrected chi connectivity index (χ0v) is 9.80. The number of esters is 1. The van der Waals surface area contributed by atoms with E-state index in [2.05, 4.69) is 20.8 Å². The van der Waals surface area contributed by atoms with Gasteiger partial charge >= 0.3 is 5.97 Å². The van der Waals surface area contributed by atoms with Crippen molar-refractivity contribution in [2.24, 2.45) is 11.3 Å². The van der Waals surface area contributed by atoms with Gasteiger partial charge in [0.2, 0.25) is 0 Å². The lowest BCUT2D eigenvalue weighted by atomic mass is 9.71. The van der Waals surface area contributed by atoms with Crippen LogP contribution in [0.2, 0.25) is 0 Å². The summed E-state index contributed by atoms with van der Waals surface area (Å²) in [6.45, 7) is 8.61. The number of rotatable bonds is 2. The Morgan fingerprint density at radius 2 is 2.07 bits per heavy atom. The van der Waals surface area contributed by atoms with Gasteiger partial charge < -0.3 is 4.74 Å². The van der Waals surface area contributed by atoms with Crippen molar-refractivity contribution in [1.29, 1.82) is 0 Å². The highest BCUT2D eigenvalue weighted by molar-refractivity contribution is 5.69. The van der Waals surface area contributed by atoms with Gasteiger partial charge in [-0.1, -0.05) is 27.7 Å². The molecule has 2 heteroatoms. The van der Waals surface area contributed by atoms with Crippen LogP contribution in [-0.4, -0.2) is 12.1 Å². The molecular formula is C12H22O2. The van der Waals surface area contributed by atoms with E-state index < -0.39 is 0 Å². The average molecular weight is 198 g/mol. The summed E-state index contributed by atoms with van der Waals surface area (Å²) in [5.41, 5.74) is 0.330. The molecule has 0 aromatic heterocycles. The molecule has 0 saturated heterocycles. The van der Waals surface area contributed by atoms with E-state index in [1.54, 1.807) is 0 Å². The maximum atomic E-state index is 11.2. The van der Waals surface area contributed by atoms with Gasteiger partial charge in [0.1, 0.15) is 6.10 Å². The molecule has 1 saturated carbocycles. The molecule has 0 aromatic rings. The van der Waals surface area contributed by atoms with Gasteiger partial charge in [-0.2, -0.15) is 0 Å². The normalized spacial score (nSPS) is 31.1. The maximum absolute atomic E-state index is 11.2. The third kappa shape index (κ3) is 3.32. The van der Waals surface area contributed by atoms with E-state index >= 15 is 0 Å². The van der Waals surface area contributed by atoms with Crippen molar-refractivity contribution in [3.8, 4) is 0 Å². The second-order valence-corrected chi connectivity index (χ2v) is 5.38. The third-order valence-corrected chi connectivity index (χ3v) is 2.93. The quantitative estimate of drug-likeness (QED) is 0.637. The number of ether oxygens (including phenoxy) is 1. The van der Waals surface area contributed by atoms with Crippen molar-refractivity contribution in [3.63, 3.8) is 0 Å². The summed E-state index contributed by atoms with van der Waals surface area (Å²) in [7, 11) is 0. The molecule has 14 heavy (non-hydrogen) atoms. The molecule has 0 N–H and O–H groups in total. The van der Waals surface area contributed by atoms with Crippen LogP contribution in [-0.2, 0) is 9.53 Å². The summed E-state index contributed by atoms with van der Waals surface area (Å²) < 4.78 is 5.41. The van der Waals surface area contributed by atoms with Crippen molar-refractivity contribution < 1.29 is 9.53 Å². The predicted octanol–water partition coefficient (Wildman–Crippen LogP) is 3.15. The lowest BCUT2D eigenvalue weighted by Crippen LogP contribution is -2.33. The maximum Gasteiger partial charge on any atom is 0.305 e. The summed E-state index contributed by atoms with van der Waals surface area (Å²) in [6, 6.07) is 0. The molecule has 1 aliphatic carbocycles. The van der Waals surface area contributed by atoms with Crippen LogP contribution in [0.25, 0.3) is 0 Å². The highest BCUT2D eigenvalue weighted by Gasteiger charge is 2.33. The standard InChI is InChI=1S/C12H22O2/c1-5-11(13)14-10-6-9(2)7-12(3,4)8-10/h9-10H,5-8H2,1-4H3/t9-,10+/m0/s1. The number of hydrogen-bond acceptors (Lipinski definition) is 2. The molecule has 0 aliphatic heterocycles. The lowest BCUT2D eigenvalue weighted by Gasteiger charge is -2.38. The van der Waals surface area contributed by atoms with Crippen molar-refractivity contribution in [2.45, 2.75) is 59.5 Å². The van der Waals surface area contributed by atoms with E-state index in [0.717, 1.165) is 12.8 Å². The molecule has 2 atom stereocenters. The van der Waals surface area contributed by atoms with Crippen LogP contribution in [0.3, 0.4) is 0 Å². The van der Waals surface area contributed by atoms with Crippen LogP contribution < -0.4 is 0 Å². The van der Waals surface area contributed by atoms with Gasteiger partial charge in [-0.3, -0.25) is 4.79 Å². The fraction of sp³-hybridized carbons (Fsp3) is 0.917. The summed E-state index contributed by atoms with van der Waals surface area (Å²) in [4.78, 5) is 11.2. The Kier molecular flexibility index (Phi) is 3.57. The van der Waals surface area contributed by atoms with Crippen LogP contribution in [0, 0.1) is 11.3 Å². The Hall–Kier alpha value is -0.530. The zero-order chi connectivity index (χ0) is 10.8. The average Bonchev–Trinajstić information content (AvgIpc) is 1.99. The molecule has 1 fully saturated rings. The number of carbonyl (C=O) groups is 1. The van der Waals surface area contributed by atoms with Gasteiger partial charge in [0, 0.05) is 6.42 Å². The van der Waals surface area contributed by atoms with Gasteiger partial charge in [0.05, 0.1) is 0 Å². The molecule has 0 bridgehead atoms. The first-order chi connectivity index (χ1) is 6.43. The molecule has 82 valence electrons. The summed E-state index contributed by atoms with van der Waals surface area (Å²) in [5.74, 6) is 0.619. The van der Waals surface area contributed by atoms with Crippen LogP contribution in [0.4, 0.5) is 0 Å². The van der Waals surface area contributed by atoms with E-state index in [4.69, 9.17) is 4.74 Å². The molecule has 0 heterocycles. The van der Waals surface area contributed by atoms with Crippen molar-refractivity contribution in [1.82, 2.24) is 0 Å². The second kappa shape index (κ2) is 4.33. The highest BCUT2D eigenvalue weighted by Crippen LogP contribution is 2.39. The Morgan fingerprint density at radius 3 is 2.57 bits per heavy atom. The molecule has 2 nitrogen and oxygen atoms in total. The van der Waals surface area contributed by atoms with Crippen molar-refractivity contribution in [2.75, 3.05) is 0 Å². The van der Waals surface area contributed by atoms with Gasteiger partial charge in [0.15, 0.2) is 0 Å². The Balaban J connectivity index is 2.50. The lowest BCUT2D eigenvalue weighted by molar-refractivity contribution is -0.153. The second-order valence-electron chi connectivity index (χ2n) is 5.38. The van der Waals surface area contributed by atoms with E-state index in [1.165, 1.54) is 6.42 Å². The fourth-order valence-corrected chi connectivity index (χ4v) is 2.62. The number of hydrogen-bond donors (Lipinski definition) is 0. The van der Waals surface area contributed by atoms with Crippen LogP contribution in [0.15, 0.2) is 0 Å². The summed E-state index contributed by atoms with van der Waals surface area (Å²) in [6.07, 6.45) is 3.94. The first-order valence-corrected chi connectivity index (χ1v) is 5.62. The topological polar surface area (TPSA) is 26.3 Å². The van der Waals surface area contributed by atoms with Crippen molar-refractivity contribution in [3.05, 3.63) is 0 Å². The molecule has 0 aromatic carbocycles. The predicted molar refractivity (Wildman–Crippen MR) is 57.0 cm³/mol.